The number of pyridine rings is 1. The Morgan fingerprint density at radius 1 is 1.10 bits per heavy atom. The van der Waals surface area contributed by atoms with Crippen molar-refractivity contribution in [3.63, 3.8) is 0 Å². The van der Waals surface area contributed by atoms with Crippen LogP contribution in [0.3, 0.4) is 0 Å². The Morgan fingerprint density at radius 3 is 2.48 bits per heavy atom. The van der Waals surface area contributed by atoms with Crippen LogP contribution < -0.4 is 15.5 Å². The van der Waals surface area contributed by atoms with Gasteiger partial charge in [-0.2, -0.15) is 0 Å². The lowest BCUT2D eigenvalue weighted by molar-refractivity contribution is -0.120. The van der Waals surface area contributed by atoms with Crippen LogP contribution in [0, 0.1) is 6.92 Å². The number of carbonyl (C=O) groups excluding carboxylic acids is 2. The number of hydrogen-bond donors (Lipinski definition) is 2. The van der Waals surface area contributed by atoms with Crippen molar-refractivity contribution in [3.05, 3.63) is 59.3 Å². The molecule has 2 N–H and O–H groups in total. The van der Waals surface area contributed by atoms with Crippen molar-refractivity contribution in [2.45, 2.75) is 39.5 Å². The molecular weight excluding hydrogens is 368 g/mol. The second-order valence-electron chi connectivity index (χ2n) is 7.46. The van der Waals surface area contributed by atoms with E-state index in [9.17, 15) is 9.59 Å². The molecule has 1 aliphatic rings. The highest BCUT2D eigenvalue weighted by atomic mass is 16.5. The maximum Gasteiger partial charge on any atom is 0.251 e. The van der Waals surface area contributed by atoms with Gasteiger partial charge in [0.2, 0.25) is 5.91 Å². The number of nitrogens with zero attached hydrogens (tertiary/aromatic N) is 2. The van der Waals surface area contributed by atoms with Crippen molar-refractivity contribution in [1.29, 1.82) is 0 Å². The van der Waals surface area contributed by atoms with Crippen molar-refractivity contribution in [2.24, 2.45) is 0 Å². The number of ether oxygens (including phenoxy) is 1. The molecule has 2 unspecified atom stereocenters. The van der Waals surface area contributed by atoms with Crippen molar-refractivity contribution in [1.82, 2.24) is 15.6 Å². The third-order valence-corrected chi connectivity index (χ3v) is 4.84. The maximum absolute atomic E-state index is 12.2. The third-order valence-electron chi connectivity index (χ3n) is 4.84. The Bertz CT molecular complexity index is 843. The molecule has 1 saturated heterocycles. The summed E-state index contributed by atoms with van der Waals surface area (Å²) in [6.45, 7) is 7.91. The molecular formula is C22H28N4O3. The normalized spacial score (nSPS) is 18.9. The number of rotatable bonds is 6. The van der Waals surface area contributed by atoms with Gasteiger partial charge in [0.05, 0.1) is 18.8 Å². The first-order valence-electron chi connectivity index (χ1n) is 9.88. The number of nitrogens with one attached hydrogen (secondary N) is 2. The highest BCUT2D eigenvalue weighted by molar-refractivity contribution is 5.97. The van der Waals surface area contributed by atoms with E-state index in [1.807, 2.05) is 31.2 Å². The van der Waals surface area contributed by atoms with Crippen LogP contribution in [0.5, 0.6) is 0 Å². The van der Waals surface area contributed by atoms with E-state index in [1.54, 1.807) is 18.3 Å². The lowest BCUT2D eigenvalue weighted by Gasteiger charge is -2.36. The number of benzene rings is 1. The van der Waals surface area contributed by atoms with Gasteiger partial charge in [-0.3, -0.25) is 9.59 Å². The standard InChI is InChI=1S/C22H28N4O3/c1-15-6-4-5-7-19(15)22(28)25-12-21(27)24-11-18-8-9-20(23-10-18)26-13-16(2)29-17(3)14-26/h4-10,16-17H,11-14H2,1-3H3,(H,24,27)(H,25,28). The molecule has 1 aliphatic heterocycles. The van der Waals surface area contributed by atoms with Crippen LogP contribution >= 0.6 is 0 Å². The van der Waals surface area contributed by atoms with Crippen LogP contribution in [0.2, 0.25) is 0 Å². The summed E-state index contributed by atoms with van der Waals surface area (Å²) in [5.41, 5.74) is 2.36. The summed E-state index contributed by atoms with van der Waals surface area (Å²) in [5, 5.41) is 5.46. The number of anilines is 1. The molecule has 0 saturated carbocycles. The Balaban J connectivity index is 1.45. The Hall–Kier alpha value is -2.93. The topological polar surface area (TPSA) is 83.6 Å². The van der Waals surface area contributed by atoms with Gasteiger partial charge >= 0.3 is 0 Å². The predicted molar refractivity (Wildman–Crippen MR) is 112 cm³/mol. The van der Waals surface area contributed by atoms with Crippen molar-refractivity contribution in [2.75, 3.05) is 24.5 Å². The molecule has 2 atom stereocenters. The van der Waals surface area contributed by atoms with Crippen LogP contribution in [0.4, 0.5) is 5.82 Å². The first-order valence-corrected chi connectivity index (χ1v) is 9.88. The van der Waals surface area contributed by atoms with E-state index in [0.29, 0.717) is 12.1 Å². The van der Waals surface area contributed by atoms with Crippen LogP contribution in [0.1, 0.15) is 35.3 Å². The minimum Gasteiger partial charge on any atom is -0.372 e. The molecule has 1 aromatic heterocycles. The fourth-order valence-electron chi connectivity index (χ4n) is 3.42. The third kappa shape index (κ3) is 5.77. The lowest BCUT2D eigenvalue weighted by atomic mass is 10.1. The van der Waals surface area contributed by atoms with Gasteiger partial charge < -0.3 is 20.3 Å². The van der Waals surface area contributed by atoms with Crippen molar-refractivity contribution >= 4 is 17.6 Å². The monoisotopic (exact) mass is 396 g/mol. The van der Waals surface area contributed by atoms with Crippen molar-refractivity contribution in [3.8, 4) is 0 Å². The van der Waals surface area contributed by atoms with Crippen LogP contribution in [0.15, 0.2) is 42.6 Å². The summed E-state index contributed by atoms with van der Waals surface area (Å²) in [4.78, 5) is 31.0. The minimum absolute atomic E-state index is 0.0672. The van der Waals surface area contributed by atoms with Crippen LogP contribution in [0.25, 0.3) is 0 Å². The molecule has 7 heteroatoms. The fraction of sp³-hybridized carbons (Fsp3) is 0.409. The summed E-state index contributed by atoms with van der Waals surface area (Å²) in [6, 6.07) is 11.2. The average molecular weight is 396 g/mol. The molecule has 1 fully saturated rings. The van der Waals surface area contributed by atoms with E-state index in [0.717, 1.165) is 30.0 Å². The SMILES string of the molecule is Cc1ccccc1C(=O)NCC(=O)NCc1ccc(N2CC(C)OC(C)C2)nc1. The second-order valence-corrected chi connectivity index (χ2v) is 7.46. The van der Waals surface area contributed by atoms with E-state index >= 15 is 0 Å². The summed E-state index contributed by atoms with van der Waals surface area (Å²) >= 11 is 0. The largest absolute Gasteiger partial charge is 0.372 e. The summed E-state index contributed by atoms with van der Waals surface area (Å²) in [7, 11) is 0. The molecule has 154 valence electrons. The van der Waals surface area contributed by atoms with Gasteiger partial charge in [0.1, 0.15) is 5.82 Å². The molecule has 0 spiro atoms. The Labute approximate surface area is 171 Å². The zero-order valence-electron chi connectivity index (χ0n) is 17.1. The fourth-order valence-corrected chi connectivity index (χ4v) is 3.42. The second kappa shape index (κ2) is 9.52. The van der Waals surface area contributed by atoms with Gasteiger partial charge in [-0.15, -0.1) is 0 Å². The number of hydrogen-bond acceptors (Lipinski definition) is 5. The molecule has 2 amide bonds. The van der Waals surface area contributed by atoms with E-state index in [-0.39, 0.29) is 30.6 Å². The zero-order valence-corrected chi connectivity index (χ0v) is 17.1. The maximum atomic E-state index is 12.2. The molecule has 0 radical (unpaired) electrons. The molecule has 2 heterocycles. The first-order chi connectivity index (χ1) is 13.9. The van der Waals surface area contributed by atoms with E-state index in [1.165, 1.54) is 0 Å². The van der Waals surface area contributed by atoms with Gasteiger partial charge in [-0.05, 0) is 44.0 Å². The number of amides is 2. The average Bonchev–Trinajstić information content (AvgIpc) is 2.70. The zero-order chi connectivity index (χ0) is 20.8. The molecule has 7 nitrogen and oxygen atoms in total. The lowest BCUT2D eigenvalue weighted by Crippen LogP contribution is -2.45. The van der Waals surface area contributed by atoms with Gasteiger partial charge in [0, 0.05) is 31.4 Å². The quantitative estimate of drug-likeness (QED) is 0.781. The van der Waals surface area contributed by atoms with Gasteiger partial charge in [-0.25, -0.2) is 4.98 Å². The molecule has 0 aliphatic carbocycles. The Morgan fingerprint density at radius 2 is 1.83 bits per heavy atom. The van der Waals surface area contributed by atoms with Crippen LogP contribution in [-0.2, 0) is 16.1 Å². The molecule has 3 rings (SSSR count). The van der Waals surface area contributed by atoms with E-state index < -0.39 is 0 Å². The Kier molecular flexibility index (Phi) is 6.82. The van der Waals surface area contributed by atoms with Gasteiger partial charge in [0.25, 0.3) is 5.91 Å². The number of carbonyl (C=O) groups is 2. The summed E-state index contributed by atoms with van der Waals surface area (Å²) in [5.74, 6) is 0.414. The van der Waals surface area contributed by atoms with E-state index in [2.05, 4.69) is 34.4 Å². The number of aryl methyl sites for hydroxylation is 1. The molecule has 2 aromatic rings. The van der Waals surface area contributed by atoms with E-state index in [4.69, 9.17) is 4.74 Å². The smallest absolute Gasteiger partial charge is 0.251 e. The molecule has 1 aromatic carbocycles. The first kappa shape index (κ1) is 20.8. The predicted octanol–water partition coefficient (Wildman–Crippen LogP) is 2.05. The highest BCUT2D eigenvalue weighted by Crippen LogP contribution is 2.18. The van der Waals surface area contributed by atoms with Crippen LogP contribution in [-0.4, -0.2) is 48.6 Å². The molecule has 0 bridgehead atoms. The van der Waals surface area contributed by atoms with Gasteiger partial charge in [-0.1, -0.05) is 24.3 Å². The molecule has 29 heavy (non-hydrogen) atoms. The number of aromatic nitrogens is 1. The summed E-state index contributed by atoms with van der Waals surface area (Å²) in [6.07, 6.45) is 2.12. The minimum atomic E-state index is -0.252. The summed E-state index contributed by atoms with van der Waals surface area (Å²) < 4.78 is 5.75. The van der Waals surface area contributed by atoms with Crippen molar-refractivity contribution < 1.29 is 14.3 Å². The highest BCUT2D eigenvalue weighted by Gasteiger charge is 2.23. The van der Waals surface area contributed by atoms with Gasteiger partial charge in [0.15, 0.2) is 0 Å². The number of morpholine rings is 1.